The molecule has 6 atom stereocenters. The van der Waals surface area contributed by atoms with Crippen LogP contribution in [0.15, 0.2) is 341 Å². The van der Waals surface area contributed by atoms with Crippen LogP contribution in [0.5, 0.6) is 0 Å². The zero-order valence-electron chi connectivity index (χ0n) is 75.4. The van der Waals surface area contributed by atoms with Gasteiger partial charge in [-0.25, -0.2) is 25.3 Å². The number of sulfonamides is 3. The molecular formula is C105H124N6O15S3. The van der Waals surface area contributed by atoms with Crippen molar-refractivity contribution in [2.75, 3.05) is 85.2 Å². The third-order valence-corrected chi connectivity index (χ3v) is 28.4. The maximum atomic E-state index is 13.6. The third kappa shape index (κ3) is 29.3. The minimum atomic E-state index is -3.70. The van der Waals surface area contributed by atoms with E-state index in [2.05, 4.69) is 131 Å². The molecule has 24 heteroatoms. The molecule has 21 nitrogen and oxygen atoms in total. The number of nitrogens with one attached hydrogen (secondary N) is 2. The second-order valence-electron chi connectivity index (χ2n) is 32.7. The Hall–Kier alpha value is -10.5. The summed E-state index contributed by atoms with van der Waals surface area (Å²) in [5, 5.41) is 22.2. The van der Waals surface area contributed by atoms with E-state index in [-0.39, 0.29) is 79.0 Å². The Kier molecular flexibility index (Phi) is 38.6. The van der Waals surface area contributed by atoms with Gasteiger partial charge in [0.15, 0.2) is 28.9 Å². The first-order valence-electron chi connectivity index (χ1n) is 43.9. The number of ether oxygens (including phenoxy) is 3. The van der Waals surface area contributed by atoms with Gasteiger partial charge in [0.05, 0.1) is 67.2 Å². The van der Waals surface area contributed by atoms with Crippen LogP contribution in [0.4, 0.5) is 0 Å². The van der Waals surface area contributed by atoms with Crippen LogP contribution in [-0.4, -0.2) is 167 Å². The first-order chi connectivity index (χ1) is 62.0. The summed E-state index contributed by atoms with van der Waals surface area (Å²) in [5.41, 5.74) is 15.3. The van der Waals surface area contributed by atoms with Gasteiger partial charge in [0.2, 0.25) is 30.1 Å². The molecule has 16 rings (SSSR count). The first-order valence-corrected chi connectivity index (χ1v) is 48.7. The Labute approximate surface area is 763 Å². The van der Waals surface area contributed by atoms with Crippen LogP contribution in [0.1, 0.15) is 166 Å². The van der Waals surface area contributed by atoms with Crippen molar-refractivity contribution in [1.82, 2.24) is 28.4 Å². The minimum absolute atomic E-state index is 0.0693. The molecule has 682 valence electrons. The minimum Gasteiger partial charge on any atom is -0.394 e. The molecule has 7 aliphatic rings. The lowest BCUT2D eigenvalue weighted by Gasteiger charge is -2.38. The first kappa shape index (κ1) is 101. The summed E-state index contributed by atoms with van der Waals surface area (Å²) in [7, 11) is -10.7. The van der Waals surface area contributed by atoms with Crippen LogP contribution in [0.3, 0.4) is 0 Å². The van der Waals surface area contributed by atoms with E-state index in [1.807, 2.05) is 173 Å². The molecule has 0 amide bonds. The normalized spacial score (nSPS) is 20.1. The SMILES string of the molecule is CC(=O)C1=CCC(c2ccccc2)N(Cc2ccccc2)C1.CC(=O)C1=CCC(c2ccccc2)N(S(=O)(=O)c2ccc(C)cc2)C1.CC(=O)C1=CCC(c2ccccc2)N(S(C)(=O)=O)C1.CC(=O)C1=CCC(c2ccccc2)NC1.CCOCC1=CC[C@H](c2ccccc2)NC1.Cc1ccc(S(=O)(=O)N2CC(C3(C)OCCO3)=CC[C@@H]2c2ccccc2)cc1.OCCO. The zero-order valence-corrected chi connectivity index (χ0v) is 77.9. The number of aliphatic hydroxyl groups excluding tert-OH is 2. The highest BCUT2D eigenvalue weighted by atomic mass is 32.2. The summed E-state index contributed by atoms with van der Waals surface area (Å²) in [6.07, 6.45) is 17.9. The molecule has 0 saturated carbocycles. The molecule has 9 aromatic carbocycles. The van der Waals surface area contributed by atoms with Crippen molar-refractivity contribution in [3.63, 3.8) is 0 Å². The van der Waals surface area contributed by atoms with Crippen molar-refractivity contribution in [1.29, 1.82) is 0 Å². The standard InChI is InChI=1S/C22H25NO4S.C20H21NO3S.C20H21NO.C14H17NO3S.C14H19NO.C13H15NO.C2H6O2/c1-17-8-11-20(12-9-17)28(24,25)23-16-19(22(2)26-14-15-27-22)10-13-21(23)18-6-4-3-5-7-18;1-15-8-11-19(12-9-15)25(23,24)21-14-18(16(2)22)10-13-20(21)17-6-4-3-5-7-17;1-16(22)19-12-13-20(18-10-6-3-7-11-18)21(15-19)14-17-8-4-2-5-9-17;1-11(16)13-8-9-14(12-6-4-3-5-7-12)15(10-13)19(2,17)18;1-2-16-11-12-8-9-14(15-10-12)13-6-4-3-5-7-13;1-10(15)12-7-8-13(14-9-12)11-5-3-2-4-6-11;3-1-2-4/h3-12,21H,13-16H2,1-2H3;3-12,20H,13-14H2,1-2H3;2-12,20H,13-15H2,1H3;3-8,14H,9-10H2,1-2H3;3-8,14-15H,2,9-11H2,1H3;2-7,13-14H,8-9H2,1H3;3-4H,1-2H2/t21-;;;;14-;;/m1...1../s1. The molecule has 1 saturated heterocycles. The number of hydrogen-bond donors (Lipinski definition) is 4. The predicted octanol–water partition coefficient (Wildman–Crippen LogP) is 17.4. The molecule has 4 N–H and O–H groups in total. The van der Waals surface area contributed by atoms with E-state index >= 15 is 0 Å². The van der Waals surface area contributed by atoms with Gasteiger partial charge in [0, 0.05) is 92.8 Å². The Morgan fingerprint density at radius 2 is 0.736 bits per heavy atom. The van der Waals surface area contributed by atoms with Gasteiger partial charge < -0.3 is 35.1 Å². The van der Waals surface area contributed by atoms with E-state index in [1.165, 1.54) is 56.5 Å². The highest BCUT2D eigenvalue weighted by Crippen LogP contribution is 2.42. The lowest BCUT2D eigenvalue weighted by Crippen LogP contribution is -2.44. The van der Waals surface area contributed by atoms with Crippen LogP contribution in [0.2, 0.25) is 0 Å². The average molecular weight is 1810 g/mol. The Morgan fingerprint density at radius 1 is 0.403 bits per heavy atom. The van der Waals surface area contributed by atoms with Crippen molar-refractivity contribution in [3.8, 4) is 0 Å². The fraction of sp³-hybridized carbons (Fsp3) is 0.333. The number of Topliss-reactive ketones (excluding diaryl/α,β-unsaturated/α-hetero) is 4. The number of benzene rings is 9. The second kappa shape index (κ2) is 49.5. The molecule has 0 aromatic heterocycles. The highest BCUT2D eigenvalue weighted by Gasteiger charge is 2.44. The Balaban J connectivity index is 0.000000162. The molecule has 0 radical (unpaired) electrons. The summed E-state index contributed by atoms with van der Waals surface area (Å²) in [6.45, 7) is 20.1. The van der Waals surface area contributed by atoms with Gasteiger partial charge in [-0.15, -0.1) is 0 Å². The number of hydrogen-bond acceptors (Lipinski definition) is 18. The predicted molar refractivity (Wildman–Crippen MR) is 510 cm³/mol. The number of rotatable bonds is 22. The van der Waals surface area contributed by atoms with Gasteiger partial charge in [-0.3, -0.25) is 24.1 Å². The molecule has 4 unspecified atom stereocenters. The van der Waals surface area contributed by atoms with E-state index in [0.717, 1.165) is 96.6 Å². The molecule has 0 spiro atoms. The van der Waals surface area contributed by atoms with Crippen LogP contribution in [0.25, 0.3) is 0 Å². The summed E-state index contributed by atoms with van der Waals surface area (Å²) >= 11 is 0. The molecular weight excluding hydrogens is 1680 g/mol. The second-order valence-corrected chi connectivity index (χ2v) is 38.4. The van der Waals surface area contributed by atoms with Gasteiger partial charge >= 0.3 is 0 Å². The van der Waals surface area contributed by atoms with Crippen LogP contribution < -0.4 is 10.6 Å². The van der Waals surface area contributed by atoms with E-state index in [1.54, 1.807) is 54.6 Å². The number of nitrogens with zero attached hydrogens (tertiary/aromatic N) is 4. The van der Waals surface area contributed by atoms with Gasteiger partial charge in [-0.05, 0) is 168 Å². The molecule has 7 aliphatic heterocycles. The molecule has 0 aliphatic carbocycles. The number of ketones is 4. The van der Waals surface area contributed by atoms with Crippen molar-refractivity contribution in [2.45, 2.75) is 152 Å². The Morgan fingerprint density at radius 3 is 1.10 bits per heavy atom. The maximum absolute atomic E-state index is 13.6. The average Bonchev–Trinajstić information content (AvgIpc) is 1.34. The number of aryl methyl sites for hydroxylation is 2. The molecule has 1 fully saturated rings. The summed E-state index contributed by atoms with van der Waals surface area (Å²) in [4.78, 5) is 49.1. The Bertz CT molecular complexity index is 5660. The monoisotopic (exact) mass is 1800 g/mol. The molecule has 0 bridgehead atoms. The summed E-state index contributed by atoms with van der Waals surface area (Å²) < 4.78 is 98.9. The van der Waals surface area contributed by atoms with Crippen molar-refractivity contribution < 1.29 is 68.9 Å². The molecule has 9 aromatic rings. The smallest absolute Gasteiger partial charge is 0.243 e. The lowest BCUT2D eigenvalue weighted by atomic mass is 9.94. The van der Waals surface area contributed by atoms with E-state index in [0.29, 0.717) is 73.2 Å². The number of aliphatic hydroxyl groups is 2. The van der Waals surface area contributed by atoms with Crippen LogP contribution >= 0.6 is 0 Å². The lowest BCUT2D eigenvalue weighted by molar-refractivity contribution is -0.114. The topological polar surface area (TPSA) is 276 Å². The van der Waals surface area contributed by atoms with Gasteiger partial charge in [0.1, 0.15) is 0 Å². The largest absolute Gasteiger partial charge is 0.394 e. The maximum Gasteiger partial charge on any atom is 0.243 e. The van der Waals surface area contributed by atoms with Crippen molar-refractivity contribution >= 4 is 53.2 Å². The summed E-state index contributed by atoms with van der Waals surface area (Å²) in [5.74, 6) is -0.655. The van der Waals surface area contributed by atoms with Gasteiger partial charge in [-0.1, -0.05) is 284 Å². The highest BCUT2D eigenvalue weighted by molar-refractivity contribution is 7.89. The van der Waals surface area contributed by atoms with Gasteiger partial charge in [0.25, 0.3) is 0 Å². The van der Waals surface area contributed by atoms with Crippen LogP contribution in [0, 0.1) is 13.8 Å². The van der Waals surface area contributed by atoms with E-state index in [4.69, 9.17) is 24.4 Å². The molecule has 129 heavy (non-hydrogen) atoms. The van der Waals surface area contributed by atoms with Crippen LogP contribution in [-0.2, 0) is 70.0 Å². The quantitative estimate of drug-likeness (QED) is 0.0459. The van der Waals surface area contributed by atoms with E-state index in [9.17, 15) is 44.4 Å². The van der Waals surface area contributed by atoms with Gasteiger partial charge in [-0.2, -0.15) is 12.9 Å². The van der Waals surface area contributed by atoms with Crippen molar-refractivity contribution in [2.24, 2.45) is 0 Å². The number of carbonyl (C=O) groups is 4. The molecule has 7 heterocycles. The van der Waals surface area contributed by atoms with E-state index < -0.39 is 35.9 Å². The third-order valence-electron chi connectivity index (χ3n) is 23.4. The van der Waals surface area contributed by atoms with Crippen molar-refractivity contribution in [3.05, 3.63) is 381 Å². The number of carbonyl (C=O) groups excluding carboxylic acids is 4. The fourth-order valence-electron chi connectivity index (χ4n) is 16.0. The fourth-order valence-corrected chi connectivity index (χ4v) is 20.3. The zero-order chi connectivity index (χ0) is 92.5. The summed E-state index contributed by atoms with van der Waals surface area (Å²) in [6, 6.07) is 85.0.